The van der Waals surface area contributed by atoms with Crippen molar-refractivity contribution < 1.29 is 12.8 Å². The predicted molar refractivity (Wildman–Crippen MR) is 126 cm³/mol. The molecule has 0 unspecified atom stereocenters. The Morgan fingerprint density at radius 3 is 2.34 bits per heavy atom. The van der Waals surface area contributed by atoms with Gasteiger partial charge in [0.05, 0.1) is 23.7 Å². The highest BCUT2D eigenvalue weighted by Crippen LogP contribution is 2.41. The number of nitrogens with one attached hydrogen (secondary N) is 1. The molecule has 0 radical (unpaired) electrons. The zero-order chi connectivity index (χ0) is 22.9. The molecule has 0 bridgehead atoms. The molecule has 1 heterocycles. The van der Waals surface area contributed by atoms with E-state index >= 15 is 0 Å². The molecule has 1 atom stereocenters. The van der Waals surface area contributed by atoms with Gasteiger partial charge in [-0.2, -0.15) is 5.10 Å². The van der Waals surface area contributed by atoms with E-state index in [0.29, 0.717) is 6.54 Å². The van der Waals surface area contributed by atoms with Gasteiger partial charge in [0.2, 0.25) is 10.0 Å². The van der Waals surface area contributed by atoms with Gasteiger partial charge in [0, 0.05) is 17.8 Å². The van der Waals surface area contributed by atoms with Crippen LogP contribution in [0.2, 0.25) is 0 Å². The van der Waals surface area contributed by atoms with Crippen LogP contribution < -0.4 is 4.72 Å². The summed E-state index contributed by atoms with van der Waals surface area (Å²) in [7, 11) is -3.31. The van der Waals surface area contributed by atoms with Gasteiger partial charge in [-0.3, -0.25) is 0 Å². The molecule has 0 fully saturated rings. The van der Waals surface area contributed by atoms with Crippen LogP contribution in [-0.4, -0.2) is 31.0 Å². The number of hydrogen-bond donors (Lipinski definition) is 1. The maximum atomic E-state index is 13.3. The Hall–Kier alpha value is -3.03. The Morgan fingerprint density at radius 2 is 1.69 bits per heavy atom. The third-order valence-electron chi connectivity index (χ3n) is 5.70. The molecule has 0 spiro atoms. The lowest BCUT2D eigenvalue weighted by Crippen LogP contribution is -2.37. The second-order valence-electron chi connectivity index (χ2n) is 8.78. The van der Waals surface area contributed by atoms with E-state index in [-0.39, 0.29) is 11.7 Å². The van der Waals surface area contributed by atoms with Gasteiger partial charge in [-0.25, -0.2) is 22.2 Å². The van der Waals surface area contributed by atoms with Crippen LogP contribution in [0.5, 0.6) is 0 Å². The summed E-state index contributed by atoms with van der Waals surface area (Å²) in [5, 5.41) is 5.46. The predicted octanol–water partition coefficient (Wildman–Crippen LogP) is 4.87. The van der Waals surface area contributed by atoms with Crippen LogP contribution in [-0.2, 0) is 10.0 Å². The van der Waals surface area contributed by atoms with Gasteiger partial charge in [-0.15, -0.1) is 0 Å². The Labute approximate surface area is 188 Å². The fourth-order valence-corrected chi connectivity index (χ4v) is 4.81. The molecule has 0 aliphatic heterocycles. The lowest BCUT2D eigenvalue weighted by atomic mass is 9.71. The van der Waals surface area contributed by atoms with E-state index < -0.39 is 15.4 Å². The fourth-order valence-electron chi connectivity index (χ4n) is 4.18. The summed E-state index contributed by atoms with van der Waals surface area (Å²) in [6, 6.07) is 22.5. The van der Waals surface area contributed by atoms with Gasteiger partial charge in [0.1, 0.15) is 5.82 Å². The monoisotopic (exact) mass is 451 g/mol. The second-order valence-corrected chi connectivity index (χ2v) is 10.6. The van der Waals surface area contributed by atoms with Crippen LogP contribution in [0.3, 0.4) is 0 Å². The first kappa shape index (κ1) is 22.2. The van der Waals surface area contributed by atoms with Crippen molar-refractivity contribution in [1.29, 1.82) is 0 Å². The van der Waals surface area contributed by atoms with Crippen molar-refractivity contribution in [1.82, 2.24) is 14.5 Å². The Kier molecular flexibility index (Phi) is 5.88. The van der Waals surface area contributed by atoms with Crippen LogP contribution in [0, 0.1) is 11.2 Å². The Bertz CT molecular complexity index is 1330. The third kappa shape index (κ3) is 4.74. The van der Waals surface area contributed by atoms with Gasteiger partial charge < -0.3 is 0 Å². The van der Waals surface area contributed by atoms with Gasteiger partial charge in [0.15, 0.2) is 0 Å². The molecule has 4 aromatic rings. The number of sulfonamides is 1. The van der Waals surface area contributed by atoms with Gasteiger partial charge >= 0.3 is 0 Å². The normalized spacial score (nSPS) is 13.4. The lowest BCUT2D eigenvalue weighted by molar-refractivity contribution is 0.318. The molecule has 0 aliphatic carbocycles. The molecule has 1 N–H and O–H groups in total. The molecule has 7 heteroatoms. The van der Waals surface area contributed by atoms with Crippen LogP contribution in [0.25, 0.3) is 16.6 Å². The smallest absolute Gasteiger partial charge is 0.208 e. The maximum Gasteiger partial charge on any atom is 0.208 e. The molecule has 0 amide bonds. The fraction of sp³-hybridized carbons (Fsp3) is 0.240. The number of fused-ring (bicyclic) bond motifs is 1. The molecule has 32 heavy (non-hydrogen) atoms. The van der Waals surface area contributed by atoms with Crippen LogP contribution >= 0.6 is 0 Å². The number of benzene rings is 3. The molecule has 166 valence electrons. The largest absolute Gasteiger partial charge is 0.233 e. The van der Waals surface area contributed by atoms with E-state index in [9.17, 15) is 12.8 Å². The first-order valence-corrected chi connectivity index (χ1v) is 12.3. The summed E-state index contributed by atoms with van der Waals surface area (Å²) in [4.78, 5) is 0. The van der Waals surface area contributed by atoms with E-state index in [1.165, 1.54) is 18.4 Å². The summed E-state index contributed by atoms with van der Waals surface area (Å²) in [5.41, 5.74) is 3.48. The average Bonchev–Trinajstić information content (AvgIpc) is 3.17. The number of rotatable bonds is 7. The third-order valence-corrected chi connectivity index (χ3v) is 6.37. The van der Waals surface area contributed by atoms with Gasteiger partial charge in [-0.05, 0) is 52.9 Å². The van der Waals surface area contributed by atoms with E-state index in [1.54, 1.807) is 23.0 Å². The van der Waals surface area contributed by atoms with Crippen molar-refractivity contribution >= 4 is 20.9 Å². The van der Waals surface area contributed by atoms with Crippen LogP contribution in [0.4, 0.5) is 4.39 Å². The van der Waals surface area contributed by atoms with Gasteiger partial charge in [0.25, 0.3) is 0 Å². The highest BCUT2D eigenvalue weighted by Gasteiger charge is 2.33. The van der Waals surface area contributed by atoms with Crippen molar-refractivity contribution in [2.45, 2.75) is 19.8 Å². The van der Waals surface area contributed by atoms with Crippen LogP contribution in [0.1, 0.15) is 30.9 Å². The molecule has 0 aliphatic rings. The summed E-state index contributed by atoms with van der Waals surface area (Å²) in [6.45, 7) is 4.43. The van der Waals surface area contributed by atoms with Crippen molar-refractivity contribution in [2.24, 2.45) is 5.41 Å². The number of hydrogen-bond acceptors (Lipinski definition) is 3. The zero-order valence-electron chi connectivity index (χ0n) is 18.3. The summed E-state index contributed by atoms with van der Waals surface area (Å²) in [5.74, 6) is -0.334. The van der Waals surface area contributed by atoms with E-state index in [0.717, 1.165) is 27.7 Å². The summed E-state index contributed by atoms with van der Waals surface area (Å²) in [6.07, 6.45) is 2.97. The first-order chi connectivity index (χ1) is 15.1. The molecular weight excluding hydrogens is 425 g/mol. The van der Waals surface area contributed by atoms with E-state index in [4.69, 9.17) is 0 Å². The molecular formula is C25H26FN3O2S. The SMILES string of the molecule is CC(C)(CNS(C)(=O)=O)[C@@H](c1ccccc1)c1ccc2c(cnn2-c2ccc(F)cc2)c1. The molecule has 4 rings (SSSR count). The highest BCUT2D eigenvalue weighted by molar-refractivity contribution is 7.88. The van der Waals surface area contributed by atoms with E-state index in [1.807, 2.05) is 24.3 Å². The van der Waals surface area contributed by atoms with Crippen LogP contribution in [0.15, 0.2) is 79.0 Å². The highest BCUT2D eigenvalue weighted by atomic mass is 32.2. The summed E-state index contributed by atoms with van der Waals surface area (Å²) < 4.78 is 41.3. The molecule has 5 nitrogen and oxygen atoms in total. The second kappa shape index (κ2) is 8.48. The standard InChI is InChI=1S/C25H26FN3O2S/c1-25(2,17-28-32(3,30)31)24(18-7-5-4-6-8-18)19-9-14-23-20(15-19)16-27-29(23)22-12-10-21(26)11-13-22/h4-16,24,28H,17H2,1-3H3/t24-/m0/s1. The Balaban J connectivity index is 1.77. The zero-order valence-corrected chi connectivity index (χ0v) is 19.1. The molecule has 0 saturated carbocycles. The van der Waals surface area contributed by atoms with E-state index in [2.05, 4.69) is 47.9 Å². The van der Waals surface area contributed by atoms with Crippen molar-refractivity contribution in [3.05, 3.63) is 95.9 Å². The number of aromatic nitrogens is 2. The van der Waals surface area contributed by atoms with Gasteiger partial charge in [-0.1, -0.05) is 50.2 Å². The molecule has 1 aromatic heterocycles. The number of nitrogens with zero attached hydrogens (tertiary/aromatic N) is 2. The first-order valence-electron chi connectivity index (χ1n) is 10.4. The van der Waals surface area contributed by atoms with Crippen molar-refractivity contribution in [3.63, 3.8) is 0 Å². The Morgan fingerprint density at radius 1 is 1.00 bits per heavy atom. The van der Waals surface area contributed by atoms with Crippen molar-refractivity contribution in [3.8, 4) is 5.69 Å². The minimum absolute atomic E-state index is 0.0449. The topological polar surface area (TPSA) is 64.0 Å². The maximum absolute atomic E-state index is 13.3. The molecule has 0 saturated heterocycles. The minimum atomic E-state index is -3.31. The summed E-state index contributed by atoms with van der Waals surface area (Å²) >= 11 is 0. The average molecular weight is 452 g/mol. The van der Waals surface area contributed by atoms with Crippen molar-refractivity contribution in [2.75, 3.05) is 12.8 Å². The lowest BCUT2D eigenvalue weighted by Gasteiger charge is -2.35. The quantitative estimate of drug-likeness (QED) is 0.436. The minimum Gasteiger partial charge on any atom is -0.233 e. The molecule has 3 aromatic carbocycles. The number of halogens is 1.